The summed E-state index contributed by atoms with van der Waals surface area (Å²) in [6, 6.07) is 29.0. The van der Waals surface area contributed by atoms with Crippen molar-refractivity contribution in [3.63, 3.8) is 0 Å². The predicted molar refractivity (Wildman–Crippen MR) is 163 cm³/mol. The number of esters is 1. The van der Waals surface area contributed by atoms with Crippen molar-refractivity contribution in [1.29, 1.82) is 0 Å². The highest BCUT2D eigenvalue weighted by Gasteiger charge is 2.20. The van der Waals surface area contributed by atoms with Crippen molar-refractivity contribution in [1.82, 2.24) is 5.43 Å². The van der Waals surface area contributed by atoms with Crippen molar-refractivity contribution >= 4 is 74.3 Å². The van der Waals surface area contributed by atoms with E-state index in [1.165, 1.54) is 29.7 Å². The first-order valence-electron chi connectivity index (χ1n) is 12.5. The number of carbonyl (C=O) groups excluding carboxylic acids is 4. The second-order valence-corrected chi connectivity index (χ2v) is 10.1. The fraction of sp³-hybridized carbons (Fsp3) is 0. The first-order valence-corrected chi connectivity index (χ1v) is 13.7. The third-order valence-corrected chi connectivity index (χ3v) is 7.52. The van der Waals surface area contributed by atoms with Crippen LogP contribution in [0.4, 0.5) is 11.4 Å². The van der Waals surface area contributed by atoms with E-state index in [0.717, 1.165) is 10.1 Å². The lowest BCUT2D eigenvalue weighted by Gasteiger charge is -2.11. The SMILES string of the molecule is O=C(N/N=C\c1ccccc1OC(=O)c1sc2ccccc2c1Cl)C(=O)Nc1ccccc1C(=O)Nc1ccccc1. The van der Waals surface area contributed by atoms with E-state index in [1.807, 2.05) is 30.3 Å². The molecule has 11 heteroatoms. The third-order valence-electron chi connectivity index (χ3n) is 5.87. The number of benzene rings is 4. The van der Waals surface area contributed by atoms with Gasteiger partial charge in [-0.15, -0.1) is 11.3 Å². The molecule has 3 N–H and O–H groups in total. The molecule has 0 aliphatic heterocycles. The number of ether oxygens (including phenoxy) is 1. The first kappa shape index (κ1) is 28.2. The summed E-state index contributed by atoms with van der Waals surface area (Å²) in [4.78, 5) is 50.9. The van der Waals surface area contributed by atoms with Gasteiger partial charge < -0.3 is 15.4 Å². The van der Waals surface area contributed by atoms with Gasteiger partial charge in [0.1, 0.15) is 10.6 Å². The zero-order valence-electron chi connectivity index (χ0n) is 21.7. The summed E-state index contributed by atoms with van der Waals surface area (Å²) in [5, 5.41) is 10.1. The molecule has 42 heavy (non-hydrogen) atoms. The maximum Gasteiger partial charge on any atom is 0.355 e. The molecule has 0 radical (unpaired) electrons. The van der Waals surface area contributed by atoms with E-state index in [2.05, 4.69) is 21.2 Å². The zero-order chi connectivity index (χ0) is 29.5. The maximum atomic E-state index is 12.9. The minimum Gasteiger partial charge on any atom is -0.422 e. The van der Waals surface area contributed by atoms with Crippen LogP contribution in [0.15, 0.2) is 108 Å². The van der Waals surface area contributed by atoms with Crippen LogP contribution in [0, 0.1) is 0 Å². The van der Waals surface area contributed by atoms with Crippen molar-refractivity contribution < 1.29 is 23.9 Å². The fourth-order valence-electron chi connectivity index (χ4n) is 3.87. The molecule has 0 aliphatic rings. The van der Waals surface area contributed by atoms with Gasteiger partial charge in [0.25, 0.3) is 5.91 Å². The highest BCUT2D eigenvalue weighted by Crippen LogP contribution is 2.36. The van der Waals surface area contributed by atoms with E-state index in [4.69, 9.17) is 16.3 Å². The molecule has 0 atom stereocenters. The molecule has 0 aliphatic carbocycles. The predicted octanol–water partition coefficient (Wildman–Crippen LogP) is 6.12. The van der Waals surface area contributed by atoms with Crippen LogP contribution in [0.25, 0.3) is 10.1 Å². The molecule has 5 rings (SSSR count). The van der Waals surface area contributed by atoms with Crippen molar-refractivity contribution in [3.05, 3.63) is 124 Å². The molecular weight excluding hydrogens is 576 g/mol. The monoisotopic (exact) mass is 596 g/mol. The molecule has 0 saturated heterocycles. The van der Waals surface area contributed by atoms with Gasteiger partial charge in [-0.05, 0) is 42.5 Å². The van der Waals surface area contributed by atoms with Gasteiger partial charge >= 0.3 is 17.8 Å². The fourth-order valence-corrected chi connectivity index (χ4v) is 5.26. The molecule has 0 bridgehead atoms. The number of rotatable bonds is 7. The first-order chi connectivity index (χ1) is 20.4. The summed E-state index contributed by atoms with van der Waals surface area (Å²) in [6.07, 6.45) is 1.24. The number of nitrogens with one attached hydrogen (secondary N) is 3. The van der Waals surface area contributed by atoms with Gasteiger partial charge in [0, 0.05) is 21.3 Å². The Balaban J connectivity index is 1.22. The molecule has 1 heterocycles. The smallest absolute Gasteiger partial charge is 0.355 e. The quantitative estimate of drug-likeness (QED) is 0.0686. The maximum absolute atomic E-state index is 12.9. The van der Waals surface area contributed by atoms with Crippen LogP contribution >= 0.6 is 22.9 Å². The number of hydrogen-bond acceptors (Lipinski definition) is 7. The molecular formula is C31H21ClN4O5S. The van der Waals surface area contributed by atoms with Gasteiger partial charge in [0.2, 0.25) is 0 Å². The third kappa shape index (κ3) is 6.52. The number of nitrogens with zero attached hydrogens (tertiary/aromatic N) is 1. The molecule has 4 aromatic carbocycles. The minimum absolute atomic E-state index is 0.146. The van der Waals surface area contributed by atoms with Gasteiger partial charge in [-0.2, -0.15) is 5.10 Å². The second kappa shape index (κ2) is 12.9. The Morgan fingerprint density at radius 3 is 2.26 bits per heavy atom. The minimum atomic E-state index is -1.07. The van der Waals surface area contributed by atoms with Crippen molar-refractivity contribution in [3.8, 4) is 5.75 Å². The van der Waals surface area contributed by atoms with Crippen LogP contribution in [-0.4, -0.2) is 29.9 Å². The van der Waals surface area contributed by atoms with Crippen molar-refractivity contribution in [2.24, 2.45) is 5.10 Å². The largest absolute Gasteiger partial charge is 0.422 e. The van der Waals surface area contributed by atoms with Gasteiger partial charge in [-0.3, -0.25) is 14.4 Å². The van der Waals surface area contributed by atoms with Gasteiger partial charge in [0.05, 0.1) is 22.5 Å². The van der Waals surface area contributed by atoms with E-state index in [-0.39, 0.29) is 21.9 Å². The number of carbonyl (C=O) groups is 4. The number of hydrazone groups is 1. The highest BCUT2D eigenvalue weighted by molar-refractivity contribution is 7.21. The van der Waals surface area contributed by atoms with Gasteiger partial charge in [-0.25, -0.2) is 10.2 Å². The van der Waals surface area contributed by atoms with Crippen LogP contribution < -0.4 is 20.8 Å². The van der Waals surface area contributed by atoms with Gasteiger partial charge in [0.15, 0.2) is 0 Å². The van der Waals surface area contributed by atoms with Crippen LogP contribution in [0.3, 0.4) is 0 Å². The van der Waals surface area contributed by atoms with Crippen molar-refractivity contribution in [2.45, 2.75) is 0 Å². The molecule has 0 unspecified atom stereocenters. The summed E-state index contributed by atoms with van der Waals surface area (Å²) < 4.78 is 6.42. The van der Waals surface area contributed by atoms with Crippen LogP contribution in [0.2, 0.25) is 5.02 Å². The molecule has 3 amide bonds. The number of para-hydroxylation sites is 3. The Labute approximate surface area is 248 Å². The average Bonchev–Trinajstić information content (AvgIpc) is 3.35. The van der Waals surface area contributed by atoms with E-state index in [1.54, 1.807) is 60.7 Å². The summed E-state index contributed by atoms with van der Waals surface area (Å²) in [7, 11) is 0. The molecule has 5 aromatic rings. The number of fused-ring (bicyclic) bond motifs is 1. The molecule has 208 valence electrons. The van der Waals surface area contributed by atoms with Crippen LogP contribution in [0.1, 0.15) is 25.6 Å². The van der Waals surface area contributed by atoms with E-state index in [9.17, 15) is 19.2 Å². The molecule has 0 spiro atoms. The molecule has 9 nitrogen and oxygen atoms in total. The van der Waals surface area contributed by atoms with E-state index < -0.39 is 23.7 Å². The lowest BCUT2D eigenvalue weighted by Crippen LogP contribution is -2.33. The molecule has 1 aromatic heterocycles. The summed E-state index contributed by atoms with van der Waals surface area (Å²) in [6.45, 7) is 0. The van der Waals surface area contributed by atoms with Gasteiger partial charge in [-0.1, -0.05) is 72.3 Å². The molecule has 0 fully saturated rings. The van der Waals surface area contributed by atoms with E-state index >= 15 is 0 Å². The lowest BCUT2D eigenvalue weighted by molar-refractivity contribution is -0.136. The number of halogens is 1. The number of amides is 3. The Kier molecular flexibility index (Phi) is 8.67. The average molecular weight is 597 g/mol. The van der Waals surface area contributed by atoms with Crippen molar-refractivity contribution in [2.75, 3.05) is 10.6 Å². The summed E-state index contributed by atoms with van der Waals surface area (Å²) >= 11 is 7.62. The summed E-state index contributed by atoms with van der Waals surface area (Å²) in [5.41, 5.74) is 3.39. The standard InChI is InChI=1S/C31H21ClN4O5S/c32-26-22-14-6-9-17-25(22)42-27(26)31(40)41-24-16-8-4-10-19(24)18-33-36-30(39)29(38)35-23-15-7-5-13-21(23)28(37)34-20-11-2-1-3-12-20/h1-18H,(H,34,37)(H,35,38)(H,36,39)/b33-18-. The Morgan fingerprint density at radius 2 is 1.45 bits per heavy atom. The Hall–Kier alpha value is -5.32. The number of hydrogen-bond donors (Lipinski definition) is 3. The topological polar surface area (TPSA) is 126 Å². The van der Waals surface area contributed by atoms with Crippen LogP contribution in [-0.2, 0) is 9.59 Å². The number of thiophene rings is 1. The van der Waals surface area contributed by atoms with E-state index in [0.29, 0.717) is 16.3 Å². The van der Waals surface area contributed by atoms with Crippen LogP contribution in [0.5, 0.6) is 5.75 Å². The molecule has 0 saturated carbocycles. The highest BCUT2D eigenvalue weighted by atomic mass is 35.5. The normalized spacial score (nSPS) is 10.8. The lowest BCUT2D eigenvalue weighted by atomic mass is 10.1. The summed E-state index contributed by atoms with van der Waals surface area (Å²) in [5.74, 6) is -3.03. The Morgan fingerprint density at radius 1 is 0.762 bits per heavy atom. The zero-order valence-corrected chi connectivity index (χ0v) is 23.2. The second-order valence-electron chi connectivity index (χ2n) is 8.69. The Bertz CT molecular complexity index is 1840. The number of anilines is 2.